The highest BCUT2D eigenvalue weighted by Gasteiger charge is 2.08. The Hall–Kier alpha value is -1.81. The highest BCUT2D eigenvalue weighted by atomic mass is 16.5. The molecule has 1 aliphatic carbocycles. The molecule has 1 aromatic rings. The summed E-state index contributed by atoms with van der Waals surface area (Å²) < 4.78 is 5.66. The summed E-state index contributed by atoms with van der Waals surface area (Å²) >= 11 is 0. The summed E-state index contributed by atoms with van der Waals surface area (Å²) in [5, 5.41) is 3.48. The predicted octanol–water partition coefficient (Wildman–Crippen LogP) is 3.13. The van der Waals surface area contributed by atoms with Gasteiger partial charge in [-0.15, -0.1) is 0 Å². The topological polar surface area (TPSA) is 41.6 Å². The first kappa shape index (κ1) is 17.5. The van der Waals surface area contributed by atoms with Gasteiger partial charge in [0.05, 0.1) is 0 Å². The van der Waals surface area contributed by atoms with Crippen LogP contribution in [-0.4, -0.2) is 38.1 Å². The normalized spacial score (nSPS) is 14.3. The average Bonchev–Trinajstić information content (AvgIpc) is 2.58. The Labute approximate surface area is 139 Å². The van der Waals surface area contributed by atoms with Crippen molar-refractivity contribution in [3.63, 3.8) is 0 Å². The van der Waals surface area contributed by atoms with Crippen molar-refractivity contribution in [3.05, 3.63) is 41.5 Å². The molecule has 126 valence electrons. The monoisotopic (exact) mass is 316 g/mol. The number of rotatable bonds is 8. The van der Waals surface area contributed by atoms with Crippen LogP contribution in [0, 0.1) is 0 Å². The van der Waals surface area contributed by atoms with Crippen molar-refractivity contribution in [2.45, 2.75) is 38.6 Å². The second-order valence-corrected chi connectivity index (χ2v) is 6.22. The Bertz CT molecular complexity index is 538. The van der Waals surface area contributed by atoms with Crippen molar-refractivity contribution in [2.24, 2.45) is 0 Å². The molecule has 0 spiro atoms. The van der Waals surface area contributed by atoms with Crippen LogP contribution in [0.4, 0.5) is 0 Å². The van der Waals surface area contributed by atoms with E-state index in [9.17, 15) is 4.79 Å². The molecule has 1 aromatic carbocycles. The van der Waals surface area contributed by atoms with Gasteiger partial charge in [-0.05, 0) is 44.7 Å². The van der Waals surface area contributed by atoms with E-state index in [1.807, 2.05) is 24.3 Å². The summed E-state index contributed by atoms with van der Waals surface area (Å²) in [6.07, 6.45) is 8.70. The van der Waals surface area contributed by atoms with Crippen LogP contribution in [0.1, 0.15) is 37.7 Å². The molecule has 4 heteroatoms. The van der Waals surface area contributed by atoms with E-state index < -0.39 is 0 Å². The Morgan fingerprint density at radius 1 is 1.26 bits per heavy atom. The molecular weight excluding hydrogens is 288 g/mol. The van der Waals surface area contributed by atoms with Gasteiger partial charge < -0.3 is 15.0 Å². The van der Waals surface area contributed by atoms with E-state index in [4.69, 9.17) is 4.74 Å². The fourth-order valence-corrected chi connectivity index (χ4v) is 2.66. The Morgan fingerprint density at radius 3 is 2.83 bits per heavy atom. The van der Waals surface area contributed by atoms with Gasteiger partial charge >= 0.3 is 0 Å². The summed E-state index contributed by atoms with van der Waals surface area (Å²) in [5.41, 5.74) is 2.68. The average molecular weight is 316 g/mol. The van der Waals surface area contributed by atoms with E-state index in [1.165, 1.54) is 25.7 Å². The largest absolute Gasteiger partial charge is 0.483 e. The highest BCUT2D eigenvalue weighted by Crippen LogP contribution is 2.20. The number of para-hydroxylation sites is 1. The zero-order valence-corrected chi connectivity index (χ0v) is 14.3. The predicted molar refractivity (Wildman–Crippen MR) is 93.5 cm³/mol. The number of nitrogens with one attached hydrogen (secondary N) is 1. The molecule has 0 unspecified atom stereocenters. The zero-order valence-electron chi connectivity index (χ0n) is 14.3. The van der Waals surface area contributed by atoms with E-state index in [-0.39, 0.29) is 12.5 Å². The summed E-state index contributed by atoms with van der Waals surface area (Å²) in [7, 11) is 3.47. The zero-order chi connectivity index (χ0) is 16.5. The van der Waals surface area contributed by atoms with Crippen molar-refractivity contribution >= 4 is 5.91 Å². The molecule has 2 rings (SSSR count). The Balaban J connectivity index is 1.78. The first-order valence-corrected chi connectivity index (χ1v) is 8.46. The number of hydrogen-bond acceptors (Lipinski definition) is 3. The summed E-state index contributed by atoms with van der Waals surface area (Å²) in [6, 6.07) is 7.90. The number of hydrogen-bond donors (Lipinski definition) is 1. The van der Waals surface area contributed by atoms with Crippen molar-refractivity contribution in [2.75, 3.05) is 27.2 Å². The number of ether oxygens (including phenoxy) is 1. The fraction of sp³-hybridized carbons (Fsp3) is 0.526. The first-order valence-electron chi connectivity index (χ1n) is 8.46. The number of carbonyl (C=O) groups excluding carboxylic acids is 1. The lowest BCUT2D eigenvalue weighted by molar-refractivity contribution is -0.130. The third-order valence-corrected chi connectivity index (χ3v) is 4.15. The van der Waals surface area contributed by atoms with Gasteiger partial charge in [-0.1, -0.05) is 29.8 Å². The SMILES string of the molecule is CN(C)C(=O)COc1ccccc1CNCCC1=CCCCC1. The van der Waals surface area contributed by atoms with Crippen LogP contribution in [-0.2, 0) is 11.3 Å². The summed E-state index contributed by atoms with van der Waals surface area (Å²) in [5.74, 6) is 0.754. The number of benzene rings is 1. The van der Waals surface area contributed by atoms with E-state index in [0.717, 1.165) is 30.8 Å². The van der Waals surface area contributed by atoms with Crippen LogP contribution >= 0.6 is 0 Å². The molecule has 4 nitrogen and oxygen atoms in total. The molecular formula is C19H28N2O2. The van der Waals surface area contributed by atoms with E-state index in [2.05, 4.69) is 11.4 Å². The molecule has 0 fully saturated rings. The second-order valence-electron chi connectivity index (χ2n) is 6.22. The van der Waals surface area contributed by atoms with E-state index in [0.29, 0.717) is 0 Å². The summed E-state index contributed by atoms with van der Waals surface area (Å²) in [4.78, 5) is 13.2. The van der Waals surface area contributed by atoms with Gasteiger partial charge in [-0.2, -0.15) is 0 Å². The minimum atomic E-state index is -0.0306. The molecule has 0 saturated carbocycles. The van der Waals surface area contributed by atoms with Gasteiger partial charge in [0, 0.05) is 26.2 Å². The van der Waals surface area contributed by atoms with Crippen LogP contribution in [0.25, 0.3) is 0 Å². The molecule has 0 atom stereocenters. The van der Waals surface area contributed by atoms with E-state index in [1.54, 1.807) is 24.6 Å². The second kappa shape index (κ2) is 9.36. The number of likely N-dealkylation sites (N-methyl/N-ethyl adjacent to an activating group) is 1. The minimum Gasteiger partial charge on any atom is -0.483 e. The lowest BCUT2D eigenvalue weighted by atomic mass is 9.97. The molecule has 0 aromatic heterocycles. The van der Waals surface area contributed by atoms with Crippen molar-refractivity contribution in [3.8, 4) is 5.75 Å². The summed E-state index contributed by atoms with van der Waals surface area (Å²) in [6.45, 7) is 1.83. The standard InChI is InChI=1S/C19H28N2O2/c1-21(2)19(22)15-23-18-11-7-6-10-17(18)14-20-13-12-16-8-4-3-5-9-16/h6-8,10-11,20H,3-5,9,12-15H2,1-2H3. The number of allylic oxidation sites excluding steroid dienone is 1. The molecule has 1 N–H and O–H groups in total. The molecule has 0 radical (unpaired) electrons. The molecule has 1 aliphatic rings. The molecule has 0 saturated heterocycles. The smallest absolute Gasteiger partial charge is 0.259 e. The number of amides is 1. The lowest BCUT2D eigenvalue weighted by Gasteiger charge is -2.15. The van der Waals surface area contributed by atoms with Gasteiger partial charge in [0.1, 0.15) is 5.75 Å². The van der Waals surface area contributed by atoms with Crippen LogP contribution in [0.2, 0.25) is 0 Å². The van der Waals surface area contributed by atoms with Gasteiger partial charge in [-0.3, -0.25) is 4.79 Å². The van der Waals surface area contributed by atoms with Crippen molar-refractivity contribution in [1.29, 1.82) is 0 Å². The van der Waals surface area contributed by atoms with Gasteiger partial charge in [0.15, 0.2) is 6.61 Å². The first-order chi connectivity index (χ1) is 11.2. The fourth-order valence-electron chi connectivity index (χ4n) is 2.66. The highest BCUT2D eigenvalue weighted by molar-refractivity contribution is 5.77. The van der Waals surface area contributed by atoms with E-state index >= 15 is 0 Å². The Morgan fingerprint density at radius 2 is 2.09 bits per heavy atom. The van der Waals surface area contributed by atoms with Crippen molar-refractivity contribution < 1.29 is 9.53 Å². The number of nitrogens with zero attached hydrogens (tertiary/aromatic N) is 1. The van der Waals surface area contributed by atoms with Crippen molar-refractivity contribution in [1.82, 2.24) is 10.2 Å². The van der Waals surface area contributed by atoms with Gasteiger partial charge in [0.25, 0.3) is 5.91 Å². The molecule has 0 aliphatic heterocycles. The van der Waals surface area contributed by atoms with Gasteiger partial charge in [0.2, 0.25) is 0 Å². The Kier molecular flexibility index (Phi) is 7.14. The maximum atomic E-state index is 11.6. The third kappa shape index (κ3) is 6.06. The van der Waals surface area contributed by atoms with Crippen LogP contribution in [0.5, 0.6) is 5.75 Å². The minimum absolute atomic E-state index is 0.0306. The van der Waals surface area contributed by atoms with Gasteiger partial charge in [-0.25, -0.2) is 0 Å². The van der Waals surface area contributed by atoms with Crippen LogP contribution < -0.4 is 10.1 Å². The molecule has 0 heterocycles. The molecule has 0 bridgehead atoms. The lowest BCUT2D eigenvalue weighted by Crippen LogP contribution is -2.27. The number of carbonyl (C=O) groups is 1. The molecule has 1 amide bonds. The van der Waals surface area contributed by atoms with Crippen LogP contribution in [0.15, 0.2) is 35.9 Å². The maximum Gasteiger partial charge on any atom is 0.259 e. The maximum absolute atomic E-state index is 11.6. The molecule has 23 heavy (non-hydrogen) atoms. The third-order valence-electron chi connectivity index (χ3n) is 4.15. The van der Waals surface area contributed by atoms with Crippen LogP contribution in [0.3, 0.4) is 0 Å². The quantitative estimate of drug-likeness (QED) is 0.592.